The normalized spacial score (nSPS) is 11.9. The highest BCUT2D eigenvalue weighted by molar-refractivity contribution is 6.13. The molecule has 10 N–H and O–H groups in total. The number of nitrogens with zero attached hydrogens (tertiary/aromatic N) is 4. The number of halogens is 1. The zero-order chi connectivity index (χ0) is 24.7. The van der Waals surface area contributed by atoms with E-state index < -0.39 is 0 Å². The lowest BCUT2D eigenvalue weighted by Gasteiger charge is -2.29. The molecule has 0 heterocycles. The van der Waals surface area contributed by atoms with Crippen LogP contribution >= 0.6 is 11.8 Å². The van der Waals surface area contributed by atoms with E-state index in [4.69, 9.17) is 34.7 Å². The second-order valence-corrected chi connectivity index (χ2v) is 8.52. The first kappa shape index (κ1) is 32.4. The van der Waals surface area contributed by atoms with E-state index in [-0.39, 0.29) is 5.91 Å². The molecule has 11 nitrogen and oxygen atoms in total. The third-order valence-corrected chi connectivity index (χ3v) is 5.72. The minimum absolute atomic E-state index is 0.0681. The van der Waals surface area contributed by atoms with Crippen LogP contribution in [0.25, 0.3) is 0 Å². The summed E-state index contributed by atoms with van der Waals surface area (Å²) in [6.45, 7) is 15.9. The fourth-order valence-corrected chi connectivity index (χ4v) is 3.54. The number of rotatable bonds is 24. The molecule has 0 aromatic heterocycles. The van der Waals surface area contributed by atoms with Crippen molar-refractivity contribution in [3.8, 4) is 0 Å². The molecule has 0 aliphatic heterocycles. The molecule has 0 bridgehead atoms. The van der Waals surface area contributed by atoms with E-state index in [1.807, 2.05) is 11.3 Å². The molecule has 0 aliphatic rings. The molecular formula is C21H51ClN10O. The van der Waals surface area contributed by atoms with E-state index in [9.17, 15) is 4.79 Å². The molecule has 0 unspecified atom stereocenters. The van der Waals surface area contributed by atoms with Crippen LogP contribution in [-0.4, -0.2) is 143 Å². The van der Waals surface area contributed by atoms with Crippen LogP contribution in [0.3, 0.4) is 0 Å². The zero-order valence-electron chi connectivity index (χ0n) is 20.8. The molecule has 1 amide bonds. The molecule has 0 fully saturated rings. The Bertz CT molecular complexity index is 449. The standard InChI is InChI=1S/C21H51ClN10O/c1-2-21(33)28-9-14-30(11-5-25)17-19-32(22)20-18-31(12-6-26)16-15-29(10-4-24)13-8-27-7-3-23/h27H,2-20,23-26H2,1H3,(H,28,33). The lowest BCUT2D eigenvalue weighted by atomic mass is 10.3. The maximum absolute atomic E-state index is 11.4. The van der Waals surface area contributed by atoms with Crippen LogP contribution in [0.4, 0.5) is 0 Å². The van der Waals surface area contributed by atoms with Crippen molar-refractivity contribution in [2.45, 2.75) is 13.3 Å². The van der Waals surface area contributed by atoms with Crippen LogP contribution in [0, 0.1) is 0 Å². The first-order valence-corrected chi connectivity index (χ1v) is 12.7. The van der Waals surface area contributed by atoms with Crippen molar-refractivity contribution in [1.29, 1.82) is 0 Å². The van der Waals surface area contributed by atoms with Gasteiger partial charge in [0.2, 0.25) is 5.91 Å². The van der Waals surface area contributed by atoms with Gasteiger partial charge in [-0.2, -0.15) is 0 Å². The van der Waals surface area contributed by atoms with Crippen LogP contribution in [0.1, 0.15) is 13.3 Å². The fraction of sp³-hybridized carbons (Fsp3) is 0.952. The maximum Gasteiger partial charge on any atom is 0.219 e. The van der Waals surface area contributed by atoms with Gasteiger partial charge in [0.25, 0.3) is 0 Å². The molecule has 33 heavy (non-hydrogen) atoms. The number of amides is 1. The van der Waals surface area contributed by atoms with Crippen molar-refractivity contribution in [3.05, 3.63) is 0 Å². The highest BCUT2D eigenvalue weighted by Crippen LogP contribution is 1.99. The largest absolute Gasteiger partial charge is 0.355 e. The average Bonchev–Trinajstić information content (AvgIpc) is 2.81. The van der Waals surface area contributed by atoms with Gasteiger partial charge in [-0.3, -0.25) is 19.5 Å². The Morgan fingerprint density at radius 3 is 1.55 bits per heavy atom. The Balaban J connectivity index is 4.34. The summed E-state index contributed by atoms with van der Waals surface area (Å²) in [6, 6.07) is 0. The van der Waals surface area contributed by atoms with Crippen LogP contribution in [0.5, 0.6) is 0 Å². The van der Waals surface area contributed by atoms with Crippen LogP contribution in [0.2, 0.25) is 0 Å². The second kappa shape index (κ2) is 23.2. The number of hydrogen-bond donors (Lipinski definition) is 6. The van der Waals surface area contributed by atoms with E-state index >= 15 is 0 Å². The van der Waals surface area contributed by atoms with Gasteiger partial charge >= 0.3 is 0 Å². The number of nitrogens with one attached hydrogen (secondary N) is 2. The molecule has 0 aliphatic carbocycles. The monoisotopic (exact) mass is 494 g/mol. The summed E-state index contributed by atoms with van der Waals surface area (Å²) in [7, 11) is 0. The zero-order valence-corrected chi connectivity index (χ0v) is 21.6. The smallest absolute Gasteiger partial charge is 0.219 e. The Kier molecular flexibility index (Phi) is 22.7. The van der Waals surface area contributed by atoms with Gasteiger partial charge < -0.3 is 33.6 Å². The van der Waals surface area contributed by atoms with Gasteiger partial charge in [0.1, 0.15) is 0 Å². The summed E-state index contributed by atoms with van der Waals surface area (Å²) < 4.78 is 1.83. The summed E-state index contributed by atoms with van der Waals surface area (Å²) in [5.41, 5.74) is 22.9. The molecule has 0 spiro atoms. The van der Waals surface area contributed by atoms with Crippen molar-refractivity contribution in [3.63, 3.8) is 0 Å². The van der Waals surface area contributed by atoms with Gasteiger partial charge in [0, 0.05) is 124 Å². The van der Waals surface area contributed by atoms with E-state index in [2.05, 4.69) is 25.3 Å². The number of carbonyl (C=O) groups is 1. The third kappa shape index (κ3) is 19.4. The molecular weight excluding hydrogens is 444 g/mol. The summed E-state index contributed by atoms with van der Waals surface area (Å²) in [4.78, 5) is 18.4. The molecule has 12 heteroatoms. The quantitative estimate of drug-likeness (QED) is 0.0615. The maximum atomic E-state index is 11.4. The molecule has 0 rings (SSSR count). The van der Waals surface area contributed by atoms with E-state index in [0.717, 1.165) is 85.1 Å². The van der Waals surface area contributed by atoms with Crippen molar-refractivity contribution in [1.82, 2.24) is 29.8 Å². The molecule has 0 saturated heterocycles. The van der Waals surface area contributed by atoms with Gasteiger partial charge in [0.05, 0.1) is 0 Å². The molecule has 198 valence electrons. The molecule has 0 aromatic rings. The van der Waals surface area contributed by atoms with Gasteiger partial charge in [-0.05, 0) is 11.8 Å². The highest BCUT2D eigenvalue weighted by atomic mass is 35.5. The Morgan fingerprint density at radius 1 is 0.636 bits per heavy atom. The second-order valence-electron chi connectivity index (χ2n) is 8.04. The summed E-state index contributed by atoms with van der Waals surface area (Å²) in [5.74, 6) is 0.0681. The molecule has 0 radical (unpaired) electrons. The number of nitrogens with two attached hydrogens (primary N) is 4. The molecule has 0 saturated carbocycles. The van der Waals surface area contributed by atoms with E-state index in [1.165, 1.54) is 0 Å². The van der Waals surface area contributed by atoms with Crippen molar-refractivity contribution in [2.75, 3.05) is 118 Å². The third-order valence-electron chi connectivity index (χ3n) is 5.38. The minimum atomic E-state index is 0.0681. The highest BCUT2D eigenvalue weighted by Gasteiger charge is 2.12. The van der Waals surface area contributed by atoms with Crippen LogP contribution < -0.4 is 33.6 Å². The lowest BCUT2D eigenvalue weighted by molar-refractivity contribution is -0.120. The number of hydrogen-bond acceptors (Lipinski definition) is 10. The summed E-state index contributed by atoms with van der Waals surface area (Å²) in [6.07, 6.45) is 0.501. The minimum Gasteiger partial charge on any atom is -0.355 e. The molecule has 0 atom stereocenters. The van der Waals surface area contributed by atoms with Crippen LogP contribution in [0.15, 0.2) is 0 Å². The fourth-order valence-electron chi connectivity index (χ4n) is 3.39. The Hall–Kier alpha value is -0.600. The van der Waals surface area contributed by atoms with Crippen LogP contribution in [-0.2, 0) is 4.79 Å². The van der Waals surface area contributed by atoms with E-state index in [0.29, 0.717) is 39.1 Å². The SMILES string of the molecule is CCC(=O)NCCN(CCN)CCN(Cl)CCN(CCN)CCN(CCN)CCNCCN. The first-order chi connectivity index (χ1) is 16.0. The van der Waals surface area contributed by atoms with Crippen molar-refractivity contribution >= 4 is 17.7 Å². The number of carbonyl (C=O) groups excluding carboxylic acids is 1. The summed E-state index contributed by atoms with van der Waals surface area (Å²) >= 11 is 6.49. The van der Waals surface area contributed by atoms with E-state index in [1.54, 1.807) is 0 Å². The van der Waals surface area contributed by atoms with Gasteiger partial charge in [-0.1, -0.05) is 6.92 Å². The predicted octanol–water partition coefficient (Wildman–Crippen LogP) is -2.70. The Labute approximate surface area is 206 Å². The first-order valence-electron chi connectivity index (χ1n) is 12.4. The van der Waals surface area contributed by atoms with Gasteiger partial charge in [-0.25, -0.2) is 4.42 Å². The van der Waals surface area contributed by atoms with Gasteiger partial charge in [0.15, 0.2) is 0 Å². The predicted molar refractivity (Wildman–Crippen MR) is 139 cm³/mol. The average molecular weight is 495 g/mol. The van der Waals surface area contributed by atoms with Crippen molar-refractivity contribution in [2.24, 2.45) is 22.9 Å². The van der Waals surface area contributed by atoms with Gasteiger partial charge in [-0.15, -0.1) is 0 Å². The lowest BCUT2D eigenvalue weighted by Crippen LogP contribution is -2.44. The Morgan fingerprint density at radius 2 is 1.09 bits per heavy atom. The summed E-state index contributed by atoms with van der Waals surface area (Å²) in [5, 5.41) is 6.24. The molecule has 0 aromatic carbocycles. The topological polar surface area (TPSA) is 158 Å². The van der Waals surface area contributed by atoms with Crippen molar-refractivity contribution < 1.29 is 4.79 Å².